The van der Waals surface area contributed by atoms with Gasteiger partial charge in [0, 0.05) is 11.1 Å². The first-order valence-electron chi connectivity index (χ1n) is 16.6. The molecule has 0 atom stereocenters. The van der Waals surface area contributed by atoms with Gasteiger partial charge < -0.3 is 20.5 Å². The number of amides is 2. The van der Waals surface area contributed by atoms with Crippen LogP contribution in [-0.2, 0) is 4.74 Å². The van der Waals surface area contributed by atoms with E-state index in [2.05, 4.69) is 10.6 Å². The summed E-state index contributed by atoms with van der Waals surface area (Å²) in [6.07, 6.45) is 7.70. The number of nitrogens with one attached hydrogen (secondary N) is 2. The van der Waals surface area contributed by atoms with Crippen LogP contribution in [0.2, 0.25) is 0 Å². The number of aromatic carboxylic acids is 1. The third-order valence-corrected chi connectivity index (χ3v) is 7.83. The minimum atomic E-state index is -1.09. The van der Waals surface area contributed by atoms with Crippen LogP contribution in [0.4, 0.5) is 11.4 Å². The topological polar surface area (TPSA) is 122 Å². The van der Waals surface area contributed by atoms with Crippen molar-refractivity contribution in [3.8, 4) is 0 Å². The summed E-state index contributed by atoms with van der Waals surface area (Å²) in [6.45, 7) is 0. The summed E-state index contributed by atoms with van der Waals surface area (Å²) in [7, 11) is 1.31. The van der Waals surface area contributed by atoms with Gasteiger partial charge >= 0.3 is 11.9 Å². The molecular formula is C45H36N2O6. The molecule has 53 heavy (non-hydrogen) atoms. The highest BCUT2D eigenvalue weighted by Gasteiger charge is 2.16. The maximum atomic E-state index is 12.5. The van der Waals surface area contributed by atoms with Crippen LogP contribution in [0.3, 0.4) is 0 Å². The zero-order valence-electron chi connectivity index (χ0n) is 28.8. The van der Waals surface area contributed by atoms with E-state index in [0.29, 0.717) is 22.4 Å². The first-order chi connectivity index (χ1) is 25.8. The predicted molar refractivity (Wildman–Crippen MR) is 211 cm³/mol. The lowest BCUT2D eigenvalue weighted by Gasteiger charge is -2.11. The Morgan fingerprint density at radius 3 is 1.23 bits per heavy atom. The largest absolute Gasteiger partial charge is 0.478 e. The second kappa shape index (κ2) is 18.6. The lowest BCUT2D eigenvalue weighted by molar-refractivity contribution is 0.0600. The minimum Gasteiger partial charge on any atom is -0.478 e. The average Bonchev–Trinajstić information content (AvgIpc) is 3.20. The number of rotatable bonds is 10. The number of hydrogen-bond donors (Lipinski definition) is 3. The number of methoxy groups -OCH3 is 1. The Labute approximate surface area is 307 Å². The van der Waals surface area contributed by atoms with Gasteiger partial charge in [0.1, 0.15) is 0 Å². The summed E-state index contributed by atoms with van der Waals surface area (Å²) < 4.78 is 4.83. The molecule has 0 radical (unpaired) electrons. The monoisotopic (exact) mass is 700 g/mol. The first kappa shape index (κ1) is 36.9. The molecule has 0 aromatic heterocycles. The standard InChI is InChI=1S/C23H19NO3.C22H17NO3/c1-27-23(26)20-15-14-18(13-12-17-8-4-2-5-9-17)16-21(20)24-22(25)19-10-6-3-7-11-19;24-21(18-9-5-2-6-10-18)23-20-15-17(13-14-19(20)22(25)26)12-11-16-7-3-1-4-8-16/h2-16H,1H3,(H,24,25);1-15H,(H,23,24)(H,25,26)/b13-12+;12-11+. The zero-order valence-corrected chi connectivity index (χ0v) is 28.8. The van der Waals surface area contributed by atoms with Crippen molar-refractivity contribution in [1.82, 2.24) is 0 Å². The van der Waals surface area contributed by atoms with Crippen molar-refractivity contribution in [2.75, 3.05) is 17.7 Å². The summed E-state index contributed by atoms with van der Waals surface area (Å²) in [5.74, 6) is -2.23. The number of carbonyl (C=O) groups is 4. The Morgan fingerprint density at radius 2 is 0.830 bits per heavy atom. The molecule has 0 fully saturated rings. The summed E-state index contributed by atoms with van der Waals surface area (Å²) in [5.41, 5.74) is 5.75. The molecule has 0 saturated carbocycles. The quantitative estimate of drug-likeness (QED) is 0.0967. The molecule has 6 rings (SSSR count). The molecule has 8 nitrogen and oxygen atoms in total. The summed E-state index contributed by atoms with van der Waals surface area (Å²) >= 11 is 0. The molecule has 3 N–H and O–H groups in total. The van der Waals surface area contributed by atoms with Crippen LogP contribution in [0.1, 0.15) is 63.7 Å². The molecule has 0 unspecified atom stereocenters. The van der Waals surface area contributed by atoms with Crippen LogP contribution < -0.4 is 10.6 Å². The second-order valence-corrected chi connectivity index (χ2v) is 11.5. The van der Waals surface area contributed by atoms with Crippen LogP contribution in [0, 0.1) is 0 Å². The van der Waals surface area contributed by atoms with Crippen molar-refractivity contribution >= 4 is 59.4 Å². The highest BCUT2D eigenvalue weighted by molar-refractivity contribution is 6.09. The van der Waals surface area contributed by atoms with E-state index in [-0.39, 0.29) is 23.1 Å². The van der Waals surface area contributed by atoms with E-state index in [4.69, 9.17) is 4.74 Å². The van der Waals surface area contributed by atoms with Gasteiger partial charge in [-0.2, -0.15) is 0 Å². The second-order valence-electron chi connectivity index (χ2n) is 11.5. The zero-order chi connectivity index (χ0) is 37.4. The van der Waals surface area contributed by atoms with E-state index in [1.807, 2.05) is 103 Å². The predicted octanol–water partition coefficient (Wildman–Crippen LogP) is 9.70. The van der Waals surface area contributed by atoms with Gasteiger partial charge in [-0.3, -0.25) is 9.59 Å². The number of hydrogen-bond acceptors (Lipinski definition) is 5. The number of carboxylic acids is 1. The maximum absolute atomic E-state index is 12.5. The molecule has 6 aromatic rings. The Hall–Kier alpha value is -7.32. The fourth-order valence-electron chi connectivity index (χ4n) is 5.09. The number of esters is 1. The Morgan fingerprint density at radius 1 is 0.472 bits per heavy atom. The number of carboxylic acid groups (broad SMARTS) is 1. The number of carbonyl (C=O) groups excluding carboxylic acids is 3. The van der Waals surface area contributed by atoms with Gasteiger partial charge in [0.05, 0.1) is 29.6 Å². The number of ether oxygens (including phenoxy) is 1. The molecule has 6 aromatic carbocycles. The lowest BCUT2D eigenvalue weighted by atomic mass is 10.1. The van der Waals surface area contributed by atoms with Crippen LogP contribution in [0.15, 0.2) is 158 Å². The summed E-state index contributed by atoms with van der Waals surface area (Å²) in [4.78, 5) is 48.4. The maximum Gasteiger partial charge on any atom is 0.339 e. The molecule has 0 aliphatic carbocycles. The molecule has 0 spiro atoms. The SMILES string of the molecule is COC(=O)c1ccc(/C=C/c2ccccc2)cc1NC(=O)c1ccccc1.O=C(Nc1cc(/C=C/c2ccccc2)ccc1C(=O)O)c1ccccc1. The van der Waals surface area contributed by atoms with Gasteiger partial charge in [-0.15, -0.1) is 0 Å². The van der Waals surface area contributed by atoms with Gasteiger partial charge in [-0.25, -0.2) is 9.59 Å². The number of benzene rings is 6. The van der Waals surface area contributed by atoms with Crippen molar-refractivity contribution in [1.29, 1.82) is 0 Å². The van der Waals surface area contributed by atoms with Crippen molar-refractivity contribution < 1.29 is 29.0 Å². The molecule has 262 valence electrons. The molecule has 0 aliphatic heterocycles. The summed E-state index contributed by atoms with van der Waals surface area (Å²) in [5, 5.41) is 14.9. The van der Waals surface area contributed by atoms with E-state index in [9.17, 15) is 24.3 Å². The van der Waals surface area contributed by atoms with E-state index in [1.165, 1.54) is 13.2 Å². The normalized spacial score (nSPS) is 10.6. The van der Waals surface area contributed by atoms with Gasteiger partial charge in [0.25, 0.3) is 11.8 Å². The van der Waals surface area contributed by atoms with Crippen molar-refractivity contribution in [3.63, 3.8) is 0 Å². The lowest BCUT2D eigenvalue weighted by Crippen LogP contribution is -2.15. The van der Waals surface area contributed by atoms with Crippen LogP contribution in [0.25, 0.3) is 24.3 Å². The third-order valence-electron chi connectivity index (χ3n) is 7.83. The van der Waals surface area contributed by atoms with E-state index >= 15 is 0 Å². The van der Waals surface area contributed by atoms with Crippen LogP contribution in [-0.4, -0.2) is 36.0 Å². The minimum absolute atomic E-state index is 0.0474. The molecule has 0 aliphatic rings. The van der Waals surface area contributed by atoms with Gasteiger partial charge in [0.15, 0.2) is 0 Å². The highest BCUT2D eigenvalue weighted by Crippen LogP contribution is 2.23. The van der Waals surface area contributed by atoms with Crippen LogP contribution in [0.5, 0.6) is 0 Å². The van der Waals surface area contributed by atoms with Crippen molar-refractivity contribution in [2.24, 2.45) is 0 Å². The van der Waals surface area contributed by atoms with Crippen molar-refractivity contribution in [3.05, 3.63) is 202 Å². The Kier molecular flexibility index (Phi) is 13.0. The van der Waals surface area contributed by atoms with Crippen LogP contribution >= 0.6 is 0 Å². The fourth-order valence-corrected chi connectivity index (χ4v) is 5.09. The van der Waals surface area contributed by atoms with E-state index < -0.39 is 11.9 Å². The molecule has 0 bridgehead atoms. The molecule has 0 saturated heterocycles. The molecular weight excluding hydrogens is 665 g/mol. The first-order valence-corrected chi connectivity index (χ1v) is 16.6. The van der Waals surface area contributed by atoms with Gasteiger partial charge in [-0.1, -0.05) is 133 Å². The molecule has 0 heterocycles. The molecule has 8 heteroatoms. The van der Waals surface area contributed by atoms with Gasteiger partial charge in [0.2, 0.25) is 0 Å². The average molecular weight is 701 g/mol. The smallest absolute Gasteiger partial charge is 0.339 e. The fraction of sp³-hybridized carbons (Fsp3) is 0.0222. The highest BCUT2D eigenvalue weighted by atomic mass is 16.5. The van der Waals surface area contributed by atoms with E-state index in [0.717, 1.165) is 22.3 Å². The molecule has 2 amide bonds. The number of anilines is 2. The Balaban J connectivity index is 0.000000204. The summed E-state index contributed by atoms with van der Waals surface area (Å²) in [6, 6.07) is 47.2. The van der Waals surface area contributed by atoms with Gasteiger partial charge in [-0.05, 0) is 70.8 Å². The van der Waals surface area contributed by atoms with E-state index in [1.54, 1.807) is 72.8 Å². The Bertz CT molecular complexity index is 2230. The third kappa shape index (κ3) is 10.8. The van der Waals surface area contributed by atoms with Crippen molar-refractivity contribution in [2.45, 2.75) is 0 Å².